The van der Waals surface area contributed by atoms with Crippen molar-refractivity contribution in [3.63, 3.8) is 0 Å². The van der Waals surface area contributed by atoms with Crippen LogP contribution in [0.5, 0.6) is 0 Å². The Morgan fingerprint density at radius 1 is 1.24 bits per heavy atom. The molecule has 1 amide bonds. The van der Waals surface area contributed by atoms with Crippen molar-refractivity contribution in [1.82, 2.24) is 20.9 Å². The number of likely N-dealkylation sites (tertiary alicyclic amines) is 1. The molecule has 6 nitrogen and oxygen atoms in total. The summed E-state index contributed by atoms with van der Waals surface area (Å²) in [4.78, 5) is 18.6. The number of allylic oxidation sites excluding steroid dienone is 1. The van der Waals surface area contributed by atoms with E-state index in [1.54, 1.807) is 0 Å². The third-order valence-corrected chi connectivity index (χ3v) is 4.01. The molecule has 0 saturated carbocycles. The normalized spacial score (nSPS) is 16.5. The fourth-order valence-corrected chi connectivity index (χ4v) is 2.69. The molecule has 146 valence electrons. The van der Waals surface area contributed by atoms with Gasteiger partial charge in [-0.25, -0.2) is 0 Å². The SMILES string of the molecule is C/C=C/CCN=C(NCC)NC1CCN(CC(=O)NCCC)CC1.I. The molecular weight excluding hydrogens is 429 g/mol. The van der Waals surface area contributed by atoms with Crippen LogP contribution >= 0.6 is 24.0 Å². The van der Waals surface area contributed by atoms with Gasteiger partial charge >= 0.3 is 0 Å². The fourth-order valence-electron chi connectivity index (χ4n) is 2.69. The van der Waals surface area contributed by atoms with E-state index in [2.05, 4.69) is 51.8 Å². The van der Waals surface area contributed by atoms with Gasteiger partial charge in [0.2, 0.25) is 5.91 Å². The summed E-state index contributed by atoms with van der Waals surface area (Å²) < 4.78 is 0. The molecule has 1 fully saturated rings. The van der Waals surface area contributed by atoms with E-state index in [9.17, 15) is 4.79 Å². The van der Waals surface area contributed by atoms with E-state index in [4.69, 9.17) is 0 Å². The van der Waals surface area contributed by atoms with Crippen LogP contribution in [-0.2, 0) is 4.79 Å². The zero-order valence-corrected chi connectivity index (χ0v) is 18.3. The molecule has 1 aliphatic rings. The van der Waals surface area contributed by atoms with Crippen LogP contribution in [-0.4, -0.2) is 62.1 Å². The molecule has 25 heavy (non-hydrogen) atoms. The van der Waals surface area contributed by atoms with Gasteiger partial charge in [0.1, 0.15) is 0 Å². The smallest absolute Gasteiger partial charge is 0.234 e. The zero-order chi connectivity index (χ0) is 17.6. The monoisotopic (exact) mass is 465 g/mol. The van der Waals surface area contributed by atoms with Gasteiger partial charge in [-0.3, -0.25) is 14.7 Å². The molecule has 0 aliphatic carbocycles. The van der Waals surface area contributed by atoms with E-state index in [0.717, 1.165) is 64.4 Å². The third kappa shape index (κ3) is 11.4. The number of rotatable bonds is 9. The Balaban J connectivity index is 0.00000576. The van der Waals surface area contributed by atoms with Crippen molar-refractivity contribution >= 4 is 35.8 Å². The Bertz CT molecular complexity index is 406. The average molecular weight is 465 g/mol. The van der Waals surface area contributed by atoms with Gasteiger partial charge in [-0.05, 0) is 39.5 Å². The number of amides is 1. The number of aliphatic imine (C=N–C) groups is 1. The number of hydrogen-bond acceptors (Lipinski definition) is 3. The predicted octanol–water partition coefficient (Wildman–Crippen LogP) is 2.12. The van der Waals surface area contributed by atoms with Gasteiger partial charge in [-0.2, -0.15) is 0 Å². The van der Waals surface area contributed by atoms with Gasteiger partial charge in [0.25, 0.3) is 0 Å². The average Bonchev–Trinajstić information content (AvgIpc) is 2.58. The maximum Gasteiger partial charge on any atom is 0.234 e. The molecule has 0 bridgehead atoms. The Kier molecular flexibility index (Phi) is 14.9. The quantitative estimate of drug-likeness (QED) is 0.161. The standard InChI is InChI=1S/C18H35N5O.HI/c1-4-7-8-12-21-18(19-6-3)22-16-9-13-23(14-10-16)15-17(24)20-11-5-2;/h4,7,16H,5-6,8-15H2,1-3H3,(H,20,24)(H2,19,21,22);1H/b7-4+;. The number of piperidine rings is 1. The highest BCUT2D eigenvalue weighted by atomic mass is 127. The van der Waals surface area contributed by atoms with Gasteiger partial charge in [-0.1, -0.05) is 19.1 Å². The van der Waals surface area contributed by atoms with Crippen LogP contribution in [0.25, 0.3) is 0 Å². The van der Waals surface area contributed by atoms with Crippen LogP contribution in [0.3, 0.4) is 0 Å². The first kappa shape index (κ1) is 24.2. The summed E-state index contributed by atoms with van der Waals surface area (Å²) in [6.07, 6.45) is 8.23. The van der Waals surface area contributed by atoms with Gasteiger partial charge in [0.15, 0.2) is 5.96 Å². The molecule has 0 spiro atoms. The summed E-state index contributed by atoms with van der Waals surface area (Å²) in [6.45, 7) is 11.0. The zero-order valence-electron chi connectivity index (χ0n) is 16.0. The van der Waals surface area contributed by atoms with Crippen molar-refractivity contribution < 1.29 is 4.79 Å². The molecule has 3 N–H and O–H groups in total. The summed E-state index contributed by atoms with van der Waals surface area (Å²) in [5.41, 5.74) is 0. The molecule has 1 aliphatic heterocycles. The highest BCUT2D eigenvalue weighted by Crippen LogP contribution is 2.09. The Hall–Kier alpha value is -0.830. The third-order valence-electron chi connectivity index (χ3n) is 4.01. The van der Waals surface area contributed by atoms with Crippen LogP contribution < -0.4 is 16.0 Å². The number of carbonyl (C=O) groups is 1. The van der Waals surface area contributed by atoms with Crippen LogP contribution in [0.4, 0.5) is 0 Å². The predicted molar refractivity (Wildman–Crippen MR) is 117 cm³/mol. The van der Waals surface area contributed by atoms with Crippen molar-refractivity contribution in [2.45, 2.75) is 52.5 Å². The highest BCUT2D eigenvalue weighted by molar-refractivity contribution is 14.0. The van der Waals surface area contributed by atoms with Crippen LogP contribution in [0.15, 0.2) is 17.1 Å². The summed E-state index contributed by atoms with van der Waals surface area (Å²) in [5, 5.41) is 9.78. The van der Waals surface area contributed by atoms with Crippen molar-refractivity contribution in [3.8, 4) is 0 Å². The lowest BCUT2D eigenvalue weighted by Crippen LogP contribution is -2.50. The largest absolute Gasteiger partial charge is 0.357 e. The lowest BCUT2D eigenvalue weighted by Gasteiger charge is -2.32. The van der Waals surface area contributed by atoms with E-state index in [1.807, 2.05) is 6.92 Å². The van der Waals surface area contributed by atoms with Gasteiger partial charge in [-0.15, -0.1) is 24.0 Å². The first-order valence-corrected chi connectivity index (χ1v) is 9.34. The first-order chi connectivity index (χ1) is 11.7. The fraction of sp³-hybridized carbons (Fsp3) is 0.778. The van der Waals surface area contributed by atoms with E-state index in [1.165, 1.54) is 0 Å². The van der Waals surface area contributed by atoms with Crippen LogP contribution in [0, 0.1) is 0 Å². The second-order valence-corrected chi connectivity index (χ2v) is 6.16. The van der Waals surface area contributed by atoms with Gasteiger partial charge in [0.05, 0.1) is 6.54 Å². The number of halogens is 1. The molecule has 0 unspecified atom stereocenters. The van der Waals surface area contributed by atoms with Gasteiger partial charge in [0, 0.05) is 38.8 Å². The molecule has 1 rings (SSSR count). The lowest BCUT2D eigenvalue weighted by atomic mass is 10.1. The van der Waals surface area contributed by atoms with Crippen molar-refractivity contribution in [1.29, 1.82) is 0 Å². The summed E-state index contributed by atoms with van der Waals surface area (Å²) in [6, 6.07) is 0.430. The van der Waals surface area contributed by atoms with E-state index < -0.39 is 0 Å². The Morgan fingerprint density at radius 3 is 2.56 bits per heavy atom. The lowest BCUT2D eigenvalue weighted by molar-refractivity contribution is -0.122. The maximum absolute atomic E-state index is 11.8. The Labute approximate surface area is 170 Å². The van der Waals surface area contributed by atoms with Crippen molar-refractivity contribution in [2.75, 3.05) is 39.3 Å². The topological polar surface area (TPSA) is 68.8 Å². The molecule has 0 aromatic heterocycles. The van der Waals surface area contributed by atoms with Crippen LogP contribution in [0.2, 0.25) is 0 Å². The summed E-state index contributed by atoms with van der Waals surface area (Å²) in [5.74, 6) is 1.04. The minimum absolute atomic E-state index is 0. The molecule has 0 radical (unpaired) electrons. The second kappa shape index (κ2) is 15.4. The molecule has 7 heteroatoms. The number of nitrogens with zero attached hydrogens (tertiary/aromatic N) is 2. The van der Waals surface area contributed by atoms with Crippen LogP contribution in [0.1, 0.15) is 46.5 Å². The second-order valence-electron chi connectivity index (χ2n) is 6.16. The van der Waals surface area contributed by atoms with E-state index >= 15 is 0 Å². The Morgan fingerprint density at radius 2 is 1.96 bits per heavy atom. The molecule has 0 atom stereocenters. The minimum Gasteiger partial charge on any atom is -0.357 e. The maximum atomic E-state index is 11.8. The minimum atomic E-state index is 0. The van der Waals surface area contributed by atoms with E-state index in [0.29, 0.717) is 12.6 Å². The summed E-state index contributed by atoms with van der Waals surface area (Å²) in [7, 11) is 0. The molecular formula is C18H36IN5O. The number of carbonyl (C=O) groups excluding carboxylic acids is 1. The molecule has 1 heterocycles. The van der Waals surface area contributed by atoms with Gasteiger partial charge < -0.3 is 16.0 Å². The van der Waals surface area contributed by atoms with E-state index in [-0.39, 0.29) is 29.9 Å². The molecule has 0 aromatic carbocycles. The van der Waals surface area contributed by atoms with Crippen molar-refractivity contribution in [2.24, 2.45) is 4.99 Å². The number of nitrogens with one attached hydrogen (secondary N) is 3. The molecule has 1 saturated heterocycles. The molecule has 0 aromatic rings. The van der Waals surface area contributed by atoms with Crippen molar-refractivity contribution in [3.05, 3.63) is 12.2 Å². The highest BCUT2D eigenvalue weighted by Gasteiger charge is 2.21. The number of guanidine groups is 1. The summed E-state index contributed by atoms with van der Waals surface area (Å²) >= 11 is 0. The first-order valence-electron chi connectivity index (χ1n) is 9.34. The number of hydrogen-bond donors (Lipinski definition) is 3.